The third-order valence-electron chi connectivity index (χ3n) is 3.84. The second-order valence-corrected chi connectivity index (χ2v) is 5.46. The van der Waals surface area contributed by atoms with Crippen LogP contribution in [-0.2, 0) is 4.79 Å². The fourth-order valence-electron chi connectivity index (χ4n) is 2.60. The second kappa shape index (κ2) is 6.42. The molecule has 1 amide bonds. The van der Waals surface area contributed by atoms with E-state index in [1.807, 2.05) is 19.1 Å². The first kappa shape index (κ1) is 14.4. The predicted octanol–water partition coefficient (Wildman–Crippen LogP) is 3.19. The monoisotopic (exact) mass is 272 g/mol. The van der Waals surface area contributed by atoms with Crippen molar-refractivity contribution in [1.29, 1.82) is 5.26 Å². The van der Waals surface area contributed by atoms with Gasteiger partial charge in [-0.15, -0.1) is 0 Å². The lowest BCUT2D eigenvalue weighted by molar-refractivity contribution is -0.118. The molecule has 106 valence electrons. The minimum atomic E-state index is -0.305. The van der Waals surface area contributed by atoms with Crippen LogP contribution in [0.5, 0.6) is 0 Å². The van der Waals surface area contributed by atoms with E-state index in [2.05, 4.69) is 12.2 Å². The van der Waals surface area contributed by atoms with Crippen molar-refractivity contribution in [3.05, 3.63) is 29.2 Å². The van der Waals surface area contributed by atoms with Crippen LogP contribution in [0.2, 0.25) is 0 Å². The van der Waals surface area contributed by atoms with Gasteiger partial charge in [0.2, 0.25) is 0 Å². The number of rotatable bonds is 3. The number of amides is 1. The van der Waals surface area contributed by atoms with Gasteiger partial charge in [-0.3, -0.25) is 4.79 Å². The Morgan fingerprint density at radius 3 is 2.80 bits per heavy atom. The zero-order valence-electron chi connectivity index (χ0n) is 12.0. The number of nitrogens with one attached hydrogen (secondary N) is 1. The van der Waals surface area contributed by atoms with Gasteiger partial charge in [0.15, 0.2) is 0 Å². The van der Waals surface area contributed by atoms with Crippen LogP contribution < -0.4 is 5.32 Å². The van der Waals surface area contributed by atoms with Crippen LogP contribution in [-0.4, -0.2) is 11.9 Å². The lowest BCUT2D eigenvalue weighted by Gasteiger charge is -2.29. The van der Waals surface area contributed by atoms with Gasteiger partial charge >= 0.3 is 0 Å². The predicted molar refractivity (Wildman–Crippen MR) is 76.6 cm³/mol. The summed E-state index contributed by atoms with van der Waals surface area (Å²) in [6.45, 7) is 3.98. The number of carbonyl (C=O) groups excluding carboxylic acids is 1. The maximum atomic E-state index is 12.2. The summed E-state index contributed by atoms with van der Waals surface area (Å²) in [6.07, 6.45) is 5.98. The van der Waals surface area contributed by atoms with Gasteiger partial charge in [-0.25, -0.2) is 0 Å². The van der Waals surface area contributed by atoms with E-state index < -0.39 is 0 Å². The van der Waals surface area contributed by atoms with Crippen molar-refractivity contribution in [2.45, 2.75) is 45.6 Å². The number of nitriles is 1. The highest BCUT2D eigenvalue weighted by Gasteiger charge is 2.24. The minimum absolute atomic E-state index is 0.0946. The Morgan fingerprint density at radius 2 is 2.20 bits per heavy atom. The van der Waals surface area contributed by atoms with E-state index in [0.717, 1.165) is 25.0 Å². The van der Waals surface area contributed by atoms with Crippen molar-refractivity contribution < 1.29 is 9.21 Å². The highest BCUT2D eigenvalue weighted by molar-refractivity contribution is 6.01. The summed E-state index contributed by atoms with van der Waals surface area (Å²) in [5.41, 5.74) is 0.0946. The molecule has 0 aromatic carbocycles. The van der Waals surface area contributed by atoms with Gasteiger partial charge in [0.25, 0.3) is 5.91 Å². The Morgan fingerprint density at radius 1 is 1.45 bits per heavy atom. The molecule has 1 saturated carbocycles. The molecule has 0 radical (unpaired) electrons. The zero-order valence-corrected chi connectivity index (χ0v) is 12.0. The molecule has 0 aliphatic heterocycles. The summed E-state index contributed by atoms with van der Waals surface area (Å²) in [4.78, 5) is 12.2. The molecule has 1 fully saturated rings. The first-order valence-corrected chi connectivity index (χ1v) is 7.09. The molecule has 0 saturated heterocycles. The molecule has 1 aromatic heterocycles. The van der Waals surface area contributed by atoms with E-state index in [-0.39, 0.29) is 17.5 Å². The molecule has 2 rings (SSSR count). The zero-order chi connectivity index (χ0) is 14.5. The van der Waals surface area contributed by atoms with E-state index in [0.29, 0.717) is 11.7 Å². The molecule has 0 spiro atoms. The van der Waals surface area contributed by atoms with Gasteiger partial charge in [-0.1, -0.05) is 19.8 Å². The molecule has 1 N–H and O–H groups in total. The van der Waals surface area contributed by atoms with E-state index >= 15 is 0 Å². The number of hydrogen-bond donors (Lipinski definition) is 1. The molecular weight excluding hydrogens is 252 g/mol. The Balaban J connectivity index is 2.06. The molecule has 2 atom stereocenters. The first-order valence-electron chi connectivity index (χ1n) is 7.09. The summed E-state index contributed by atoms with van der Waals surface area (Å²) in [7, 11) is 0. The topological polar surface area (TPSA) is 66.0 Å². The fraction of sp³-hybridized carbons (Fsp3) is 0.500. The van der Waals surface area contributed by atoms with Crippen molar-refractivity contribution in [1.82, 2.24) is 5.32 Å². The van der Waals surface area contributed by atoms with E-state index in [1.54, 1.807) is 6.07 Å². The van der Waals surface area contributed by atoms with Crippen molar-refractivity contribution in [2.75, 3.05) is 0 Å². The van der Waals surface area contributed by atoms with Crippen LogP contribution in [0.3, 0.4) is 0 Å². The molecule has 1 heterocycles. The quantitative estimate of drug-likeness (QED) is 0.678. The van der Waals surface area contributed by atoms with Gasteiger partial charge in [-0.05, 0) is 37.8 Å². The molecule has 1 aliphatic carbocycles. The maximum absolute atomic E-state index is 12.2. The van der Waals surface area contributed by atoms with Crippen LogP contribution >= 0.6 is 0 Å². The molecule has 0 unspecified atom stereocenters. The standard InChI is InChI=1S/C16H20N2O2/c1-11-5-3-4-6-15(11)18-16(19)13(10-17)9-14-8-7-12(2)20-14/h7-9,11,15H,3-6H2,1-2H3,(H,18,19)/b13-9-/t11-,15+/m0/s1. The van der Waals surface area contributed by atoms with Gasteiger partial charge in [-0.2, -0.15) is 5.26 Å². The molecule has 4 heteroatoms. The van der Waals surface area contributed by atoms with Crippen molar-refractivity contribution in [2.24, 2.45) is 5.92 Å². The van der Waals surface area contributed by atoms with Crippen molar-refractivity contribution >= 4 is 12.0 Å². The lowest BCUT2D eigenvalue weighted by Crippen LogP contribution is -2.41. The number of furan rings is 1. The number of hydrogen-bond acceptors (Lipinski definition) is 3. The lowest BCUT2D eigenvalue weighted by atomic mass is 9.86. The average molecular weight is 272 g/mol. The van der Waals surface area contributed by atoms with Crippen LogP contribution in [0, 0.1) is 24.2 Å². The first-order chi connectivity index (χ1) is 9.60. The number of carbonyl (C=O) groups is 1. The molecule has 0 bridgehead atoms. The normalized spacial score (nSPS) is 23.1. The summed E-state index contributed by atoms with van der Waals surface area (Å²) >= 11 is 0. The molecule has 1 aliphatic rings. The van der Waals surface area contributed by atoms with E-state index in [1.165, 1.54) is 12.5 Å². The second-order valence-electron chi connectivity index (χ2n) is 5.46. The average Bonchev–Trinajstić information content (AvgIpc) is 2.84. The van der Waals surface area contributed by atoms with Gasteiger partial charge in [0.05, 0.1) is 0 Å². The summed E-state index contributed by atoms with van der Waals surface area (Å²) < 4.78 is 5.37. The van der Waals surface area contributed by atoms with Crippen LogP contribution in [0.1, 0.15) is 44.1 Å². The van der Waals surface area contributed by atoms with Crippen LogP contribution in [0.15, 0.2) is 22.1 Å². The highest BCUT2D eigenvalue weighted by Crippen LogP contribution is 2.24. The minimum Gasteiger partial charge on any atom is -0.462 e. The molecule has 20 heavy (non-hydrogen) atoms. The van der Waals surface area contributed by atoms with E-state index in [4.69, 9.17) is 9.68 Å². The SMILES string of the molecule is Cc1ccc(/C=C(/C#N)C(=O)N[C@@H]2CCCC[C@@H]2C)o1. The van der Waals surface area contributed by atoms with Crippen LogP contribution in [0.4, 0.5) is 0 Å². The largest absolute Gasteiger partial charge is 0.462 e. The summed E-state index contributed by atoms with van der Waals surface area (Å²) in [5.74, 6) is 1.46. The summed E-state index contributed by atoms with van der Waals surface area (Å²) in [6, 6.07) is 5.69. The van der Waals surface area contributed by atoms with Gasteiger partial charge < -0.3 is 9.73 Å². The van der Waals surface area contributed by atoms with Gasteiger partial charge in [0.1, 0.15) is 23.2 Å². The summed E-state index contributed by atoms with van der Waals surface area (Å²) in [5, 5.41) is 12.1. The third-order valence-corrected chi connectivity index (χ3v) is 3.84. The van der Waals surface area contributed by atoms with Crippen molar-refractivity contribution in [3.63, 3.8) is 0 Å². The molecular formula is C16H20N2O2. The molecule has 4 nitrogen and oxygen atoms in total. The number of nitrogens with zero attached hydrogens (tertiary/aromatic N) is 1. The third kappa shape index (κ3) is 3.51. The Kier molecular flexibility index (Phi) is 4.62. The smallest absolute Gasteiger partial charge is 0.262 e. The van der Waals surface area contributed by atoms with Crippen molar-refractivity contribution in [3.8, 4) is 6.07 Å². The maximum Gasteiger partial charge on any atom is 0.262 e. The van der Waals surface area contributed by atoms with E-state index in [9.17, 15) is 4.79 Å². The Bertz CT molecular complexity index is 551. The Labute approximate surface area is 119 Å². The van der Waals surface area contributed by atoms with Gasteiger partial charge in [0, 0.05) is 12.1 Å². The number of aryl methyl sites for hydroxylation is 1. The Hall–Kier alpha value is -2.02. The van der Waals surface area contributed by atoms with Crippen LogP contribution in [0.25, 0.3) is 6.08 Å². The highest BCUT2D eigenvalue weighted by atomic mass is 16.3. The molecule has 1 aromatic rings. The fourth-order valence-corrected chi connectivity index (χ4v) is 2.60.